The Labute approximate surface area is 136 Å². The van der Waals surface area contributed by atoms with Gasteiger partial charge in [0.15, 0.2) is 0 Å². The average Bonchev–Trinajstić information content (AvgIpc) is 3.01. The molecule has 2 aromatic carbocycles. The molecule has 0 amide bonds. The molecule has 1 aliphatic heterocycles. The number of H-pyrrole nitrogens is 1. The molecule has 1 aliphatic rings. The summed E-state index contributed by atoms with van der Waals surface area (Å²) in [5, 5.41) is 0.168. The number of thioether (sulfide) groups is 1. The molecule has 0 radical (unpaired) electrons. The van der Waals surface area contributed by atoms with Crippen molar-refractivity contribution >= 4 is 11.8 Å². The van der Waals surface area contributed by atoms with E-state index in [0.717, 1.165) is 5.69 Å². The van der Waals surface area contributed by atoms with Gasteiger partial charge in [-0.3, -0.25) is 4.79 Å². The number of aromatic amines is 1. The third-order valence-electron chi connectivity index (χ3n) is 3.97. The van der Waals surface area contributed by atoms with Crippen molar-refractivity contribution in [2.24, 2.45) is 0 Å². The van der Waals surface area contributed by atoms with E-state index < -0.39 is 0 Å². The zero-order valence-electron chi connectivity index (χ0n) is 12.2. The summed E-state index contributed by atoms with van der Waals surface area (Å²) in [4.78, 5) is 28.6. The lowest BCUT2D eigenvalue weighted by Crippen LogP contribution is -2.35. The largest absolute Gasteiger partial charge is 0.333 e. The first kappa shape index (κ1) is 14.1. The molecular formula is C18H14N2O2S. The Kier molecular flexibility index (Phi) is 3.42. The molecular weight excluding hydrogens is 308 g/mol. The highest BCUT2D eigenvalue weighted by molar-refractivity contribution is 7.99. The predicted octanol–water partition coefficient (Wildman–Crippen LogP) is 2.92. The van der Waals surface area contributed by atoms with Gasteiger partial charge in [0.2, 0.25) is 0 Å². The summed E-state index contributed by atoms with van der Waals surface area (Å²) in [5.41, 5.74) is 1.88. The first-order valence-electron chi connectivity index (χ1n) is 7.39. The van der Waals surface area contributed by atoms with Crippen LogP contribution in [0.25, 0.3) is 5.69 Å². The number of nitrogens with zero attached hydrogens (tertiary/aromatic N) is 1. The van der Waals surface area contributed by atoms with E-state index in [9.17, 15) is 9.59 Å². The molecule has 0 aliphatic carbocycles. The highest BCUT2D eigenvalue weighted by atomic mass is 32.2. The predicted molar refractivity (Wildman–Crippen MR) is 91.4 cm³/mol. The van der Waals surface area contributed by atoms with E-state index >= 15 is 0 Å². The Morgan fingerprint density at radius 2 is 1.61 bits per heavy atom. The molecule has 1 unspecified atom stereocenters. The van der Waals surface area contributed by atoms with E-state index in [4.69, 9.17) is 0 Å². The van der Waals surface area contributed by atoms with E-state index in [1.807, 2.05) is 36.4 Å². The van der Waals surface area contributed by atoms with Crippen LogP contribution in [0.15, 0.2) is 75.1 Å². The van der Waals surface area contributed by atoms with Gasteiger partial charge in [0.25, 0.3) is 5.56 Å². The number of hydrogen-bond donors (Lipinski definition) is 1. The van der Waals surface area contributed by atoms with Crippen molar-refractivity contribution in [3.05, 3.63) is 92.8 Å². The maximum Gasteiger partial charge on any atom is 0.333 e. The van der Waals surface area contributed by atoms with Crippen LogP contribution in [0.5, 0.6) is 0 Å². The van der Waals surface area contributed by atoms with Crippen molar-refractivity contribution in [2.45, 2.75) is 16.6 Å². The molecule has 0 spiro atoms. The summed E-state index contributed by atoms with van der Waals surface area (Å²) < 4.78 is 1.21. The van der Waals surface area contributed by atoms with E-state index in [-0.39, 0.29) is 16.5 Å². The molecule has 1 N–H and O–H groups in total. The van der Waals surface area contributed by atoms with Gasteiger partial charge < -0.3 is 4.98 Å². The number of fused-ring (bicyclic) bond motifs is 1. The Bertz CT molecular complexity index is 962. The maximum absolute atomic E-state index is 12.8. The van der Waals surface area contributed by atoms with Crippen LogP contribution >= 0.6 is 11.8 Å². The number of benzene rings is 2. The molecule has 23 heavy (non-hydrogen) atoms. The minimum Gasteiger partial charge on any atom is -0.310 e. The van der Waals surface area contributed by atoms with Gasteiger partial charge in [-0.2, -0.15) is 0 Å². The molecule has 2 heterocycles. The van der Waals surface area contributed by atoms with Gasteiger partial charge in [0.1, 0.15) is 0 Å². The zero-order valence-corrected chi connectivity index (χ0v) is 13.0. The molecule has 3 aromatic rings. The van der Waals surface area contributed by atoms with Crippen molar-refractivity contribution in [1.29, 1.82) is 0 Å². The van der Waals surface area contributed by atoms with E-state index in [1.54, 1.807) is 12.1 Å². The summed E-state index contributed by atoms with van der Waals surface area (Å²) in [5.74, 6) is 0. The molecule has 1 atom stereocenters. The number of rotatable bonds is 2. The Balaban J connectivity index is 1.81. The molecule has 4 rings (SSSR count). The second kappa shape index (κ2) is 5.59. The van der Waals surface area contributed by atoms with Crippen molar-refractivity contribution in [1.82, 2.24) is 9.55 Å². The first-order valence-corrected chi connectivity index (χ1v) is 8.27. The molecule has 4 nitrogen and oxygen atoms in total. The fraction of sp³-hybridized carbons (Fsp3) is 0.111. The lowest BCUT2D eigenvalue weighted by atomic mass is 10.1. The quantitative estimate of drug-likeness (QED) is 0.789. The second-order valence-electron chi connectivity index (χ2n) is 5.44. The monoisotopic (exact) mass is 322 g/mol. The van der Waals surface area contributed by atoms with Crippen LogP contribution in [0.3, 0.4) is 0 Å². The Hall–Kier alpha value is -2.53. The number of para-hydroxylation sites is 1. The van der Waals surface area contributed by atoms with Crippen LogP contribution < -0.4 is 11.2 Å². The fourth-order valence-electron chi connectivity index (χ4n) is 2.86. The SMILES string of the molecule is O=c1[nH]c2c(c(=O)n1-c1ccccc1)SC(c1ccccc1)C2. The van der Waals surface area contributed by atoms with Crippen molar-refractivity contribution in [3.63, 3.8) is 0 Å². The van der Waals surface area contributed by atoms with Crippen LogP contribution in [0, 0.1) is 0 Å². The van der Waals surface area contributed by atoms with Gasteiger partial charge in [-0.25, -0.2) is 9.36 Å². The van der Waals surface area contributed by atoms with Gasteiger partial charge in [-0.15, -0.1) is 11.8 Å². The van der Waals surface area contributed by atoms with Crippen molar-refractivity contribution in [3.8, 4) is 5.69 Å². The molecule has 5 heteroatoms. The minimum absolute atomic E-state index is 0.168. The normalized spacial score (nSPS) is 16.3. The van der Waals surface area contributed by atoms with Crippen LogP contribution in [-0.4, -0.2) is 9.55 Å². The van der Waals surface area contributed by atoms with Crippen LogP contribution in [0.4, 0.5) is 0 Å². The maximum atomic E-state index is 12.8. The summed E-state index contributed by atoms with van der Waals surface area (Å²) in [6.45, 7) is 0. The summed E-state index contributed by atoms with van der Waals surface area (Å²) in [7, 11) is 0. The van der Waals surface area contributed by atoms with Gasteiger partial charge >= 0.3 is 5.69 Å². The van der Waals surface area contributed by atoms with Gasteiger partial charge in [-0.1, -0.05) is 48.5 Å². The van der Waals surface area contributed by atoms with Crippen LogP contribution in [0.1, 0.15) is 16.5 Å². The van der Waals surface area contributed by atoms with Crippen LogP contribution in [-0.2, 0) is 6.42 Å². The number of hydrogen-bond acceptors (Lipinski definition) is 3. The lowest BCUT2D eigenvalue weighted by molar-refractivity contribution is 0.789. The molecule has 0 fully saturated rings. The fourth-order valence-corrected chi connectivity index (χ4v) is 4.16. The van der Waals surface area contributed by atoms with Crippen LogP contribution in [0.2, 0.25) is 0 Å². The van der Waals surface area contributed by atoms with Crippen molar-refractivity contribution < 1.29 is 0 Å². The Morgan fingerprint density at radius 3 is 2.30 bits per heavy atom. The standard InChI is InChI=1S/C18H14N2O2S/c21-17-16-14(11-15(23-16)12-7-3-1-4-8-12)19-18(22)20(17)13-9-5-2-6-10-13/h1-10,15H,11H2,(H,19,22). The molecule has 0 saturated carbocycles. The molecule has 1 aromatic heterocycles. The molecule has 0 saturated heterocycles. The number of nitrogens with one attached hydrogen (secondary N) is 1. The Morgan fingerprint density at radius 1 is 0.957 bits per heavy atom. The molecule has 114 valence electrons. The highest BCUT2D eigenvalue weighted by Crippen LogP contribution is 2.43. The van der Waals surface area contributed by atoms with E-state index in [1.165, 1.54) is 21.9 Å². The minimum atomic E-state index is -0.380. The van der Waals surface area contributed by atoms with E-state index in [0.29, 0.717) is 17.0 Å². The van der Waals surface area contributed by atoms with Crippen molar-refractivity contribution in [2.75, 3.05) is 0 Å². The smallest absolute Gasteiger partial charge is 0.310 e. The highest BCUT2D eigenvalue weighted by Gasteiger charge is 2.28. The third-order valence-corrected chi connectivity index (χ3v) is 5.35. The second-order valence-corrected chi connectivity index (χ2v) is 6.65. The van der Waals surface area contributed by atoms with Gasteiger partial charge in [0, 0.05) is 17.4 Å². The zero-order chi connectivity index (χ0) is 15.8. The topological polar surface area (TPSA) is 54.9 Å². The summed E-state index contributed by atoms with van der Waals surface area (Å²) in [6, 6.07) is 19.1. The summed E-state index contributed by atoms with van der Waals surface area (Å²) in [6.07, 6.45) is 0.671. The first-order chi connectivity index (χ1) is 11.2. The van der Waals surface area contributed by atoms with Gasteiger partial charge in [-0.05, 0) is 17.7 Å². The average molecular weight is 322 g/mol. The van der Waals surface area contributed by atoms with Gasteiger partial charge in [0.05, 0.1) is 10.6 Å². The molecule has 0 bridgehead atoms. The summed E-state index contributed by atoms with van der Waals surface area (Å²) >= 11 is 1.53. The van der Waals surface area contributed by atoms with E-state index in [2.05, 4.69) is 17.1 Å². The third kappa shape index (κ3) is 2.43. The lowest BCUT2D eigenvalue weighted by Gasteiger charge is -2.07. The number of aromatic nitrogens is 2.